The number of benzene rings is 2. The number of primary amides is 1. The van der Waals surface area contributed by atoms with Crippen molar-refractivity contribution in [3.63, 3.8) is 0 Å². The Morgan fingerprint density at radius 1 is 0.947 bits per heavy atom. The Kier molecular flexibility index (Phi) is 6.07. The van der Waals surface area contributed by atoms with E-state index in [4.69, 9.17) is 5.73 Å². The lowest BCUT2D eigenvalue weighted by atomic mass is 9.99. The Morgan fingerprint density at radius 2 is 1.68 bits per heavy atom. The monoisotopic (exact) mass is 520 g/mol. The van der Waals surface area contributed by atoms with Crippen LogP contribution in [0.25, 0.3) is 28.0 Å². The van der Waals surface area contributed by atoms with Crippen molar-refractivity contribution in [3.05, 3.63) is 102 Å². The number of para-hydroxylation sites is 1. The molecule has 0 radical (unpaired) electrons. The lowest BCUT2D eigenvalue weighted by Crippen LogP contribution is -2.18. The fourth-order valence-electron chi connectivity index (χ4n) is 3.86. The molecule has 3 heterocycles. The van der Waals surface area contributed by atoms with Crippen LogP contribution in [0.1, 0.15) is 26.3 Å². The van der Waals surface area contributed by atoms with Crippen LogP contribution in [-0.2, 0) is 6.18 Å². The molecule has 8 nitrogen and oxygen atoms in total. The van der Waals surface area contributed by atoms with Gasteiger partial charge in [0.25, 0.3) is 5.91 Å². The molecule has 190 valence electrons. The first-order valence-corrected chi connectivity index (χ1v) is 11.0. The molecule has 3 N–H and O–H groups in total. The first-order valence-electron chi connectivity index (χ1n) is 11.0. The van der Waals surface area contributed by atoms with Gasteiger partial charge >= 0.3 is 6.18 Å². The third-order valence-electron chi connectivity index (χ3n) is 5.63. The van der Waals surface area contributed by atoms with E-state index in [0.29, 0.717) is 5.69 Å². The highest BCUT2D eigenvalue weighted by molar-refractivity contribution is 6.09. The van der Waals surface area contributed by atoms with Crippen LogP contribution in [0.4, 0.5) is 23.4 Å². The number of nitrogens with one attached hydrogen (secondary N) is 1. The molecule has 0 saturated carbocycles. The number of pyridine rings is 2. The second kappa shape index (κ2) is 9.39. The molecule has 2 aromatic carbocycles. The van der Waals surface area contributed by atoms with Crippen LogP contribution in [0, 0.1) is 5.82 Å². The zero-order chi connectivity index (χ0) is 27.0. The average Bonchev–Trinajstić information content (AvgIpc) is 3.26. The fourth-order valence-corrected chi connectivity index (χ4v) is 3.86. The van der Waals surface area contributed by atoms with Crippen molar-refractivity contribution in [2.24, 2.45) is 5.73 Å². The quantitative estimate of drug-likeness (QED) is 0.317. The summed E-state index contributed by atoms with van der Waals surface area (Å²) in [5.41, 5.74) is 3.75. The van der Waals surface area contributed by atoms with Gasteiger partial charge < -0.3 is 11.1 Å². The Hall–Kier alpha value is -5.13. The zero-order valence-electron chi connectivity index (χ0n) is 19.2. The molecule has 5 aromatic rings. The van der Waals surface area contributed by atoms with E-state index in [9.17, 15) is 27.2 Å². The Bertz CT molecular complexity index is 1690. The molecular weight excluding hydrogens is 504 g/mol. The van der Waals surface area contributed by atoms with E-state index < -0.39 is 40.5 Å². The minimum absolute atomic E-state index is 0.00547. The van der Waals surface area contributed by atoms with Crippen LogP contribution >= 0.6 is 0 Å². The van der Waals surface area contributed by atoms with Gasteiger partial charge in [0.15, 0.2) is 5.82 Å². The summed E-state index contributed by atoms with van der Waals surface area (Å²) in [6, 6.07) is 15.3. The largest absolute Gasteiger partial charge is 0.417 e. The Labute approximate surface area is 211 Å². The summed E-state index contributed by atoms with van der Waals surface area (Å²) >= 11 is 0. The van der Waals surface area contributed by atoms with Crippen LogP contribution in [0.3, 0.4) is 0 Å². The van der Waals surface area contributed by atoms with Crippen LogP contribution < -0.4 is 11.1 Å². The van der Waals surface area contributed by atoms with Crippen LogP contribution in [0.2, 0.25) is 0 Å². The van der Waals surface area contributed by atoms with E-state index in [0.717, 1.165) is 6.07 Å². The van der Waals surface area contributed by atoms with E-state index >= 15 is 0 Å². The first kappa shape index (κ1) is 24.6. The highest BCUT2D eigenvalue weighted by Gasteiger charge is 2.36. The number of fused-ring (bicyclic) bond motifs is 1. The fraction of sp³-hybridized carbons (Fsp3) is 0.0385. The summed E-state index contributed by atoms with van der Waals surface area (Å²) in [7, 11) is 0. The molecule has 3 aromatic heterocycles. The maximum absolute atomic E-state index is 15.0. The minimum atomic E-state index is -4.90. The molecule has 2 amide bonds. The van der Waals surface area contributed by atoms with E-state index in [1.54, 1.807) is 30.3 Å². The highest BCUT2D eigenvalue weighted by Crippen LogP contribution is 2.38. The minimum Gasteiger partial charge on any atom is -0.366 e. The number of alkyl halides is 3. The Morgan fingerprint density at radius 3 is 2.34 bits per heavy atom. The van der Waals surface area contributed by atoms with E-state index in [1.807, 2.05) is 0 Å². The van der Waals surface area contributed by atoms with Crippen molar-refractivity contribution in [3.8, 4) is 16.9 Å². The summed E-state index contributed by atoms with van der Waals surface area (Å²) in [6.45, 7) is 0. The lowest BCUT2D eigenvalue weighted by Gasteiger charge is -2.15. The average molecular weight is 520 g/mol. The van der Waals surface area contributed by atoms with Gasteiger partial charge in [0, 0.05) is 18.0 Å². The molecule has 0 aliphatic heterocycles. The van der Waals surface area contributed by atoms with Crippen molar-refractivity contribution >= 4 is 28.7 Å². The molecule has 0 unspecified atom stereocenters. The Balaban J connectivity index is 1.64. The molecule has 0 saturated heterocycles. The molecule has 12 heteroatoms. The second-order valence-electron chi connectivity index (χ2n) is 8.10. The van der Waals surface area contributed by atoms with Crippen molar-refractivity contribution in [1.29, 1.82) is 0 Å². The third kappa shape index (κ3) is 4.54. The topological polar surface area (TPSA) is 116 Å². The number of carbonyl (C=O) groups excluding carboxylic acids is 2. The van der Waals surface area contributed by atoms with Crippen LogP contribution in [0.15, 0.2) is 79.1 Å². The summed E-state index contributed by atoms with van der Waals surface area (Å²) < 4.78 is 57.4. The second-order valence-corrected chi connectivity index (χ2v) is 8.10. The van der Waals surface area contributed by atoms with Crippen LogP contribution in [0.5, 0.6) is 0 Å². The first-order chi connectivity index (χ1) is 18.1. The van der Waals surface area contributed by atoms with Gasteiger partial charge in [-0.3, -0.25) is 14.6 Å². The number of hydrogen-bond donors (Lipinski definition) is 2. The summed E-state index contributed by atoms with van der Waals surface area (Å²) in [4.78, 5) is 33.0. The standard InChI is InChI=1S/C26H16F4N6O2/c27-19-12-18(26(28,29)30)16(20-8-4-5-9-32-20)11-17(19)25(38)34-24-22-21(10-14(13-33-22)23(31)37)35-36(24)15-6-2-1-3-7-15/h1-13H,(H2,31,37)(H,34,38). The number of rotatable bonds is 5. The smallest absolute Gasteiger partial charge is 0.366 e. The predicted octanol–water partition coefficient (Wildman–Crippen LogP) is 4.99. The van der Waals surface area contributed by atoms with Crippen molar-refractivity contribution < 1.29 is 27.2 Å². The highest BCUT2D eigenvalue weighted by atomic mass is 19.4. The zero-order valence-corrected chi connectivity index (χ0v) is 19.2. The summed E-state index contributed by atoms with van der Waals surface area (Å²) in [6.07, 6.45) is -2.42. The van der Waals surface area contributed by atoms with Gasteiger partial charge in [-0.25, -0.2) is 14.1 Å². The molecule has 0 aliphatic rings. The molecule has 0 atom stereocenters. The van der Waals surface area contributed by atoms with E-state index in [-0.39, 0.29) is 34.2 Å². The number of aromatic nitrogens is 4. The molecule has 0 spiro atoms. The van der Waals surface area contributed by atoms with Gasteiger partial charge in [0.2, 0.25) is 5.91 Å². The van der Waals surface area contributed by atoms with Gasteiger partial charge in [0.1, 0.15) is 16.9 Å². The molecule has 5 rings (SSSR count). The van der Waals surface area contributed by atoms with Crippen molar-refractivity contribution in [1.82, 2.24) is 19.7 Å². The maximum atomic E-state index is 15.0. The molecule has 0 fully saturated rings. The normalized spacial score (nSPS) is 11.5. The summed E-state index contributed by atoms with van der Waals surface area (Å²) in [5.74, 6) is -3.17. The number of anilines is 1. The number of carbonyl (C=O) groups is 2. The lowest BCUT2D eigenvalue weighted by molar-refractivity contribution is -0.137. The molecular formula is C26H16F4N6O2. The van der Waals surface area contributed by atoms with Gasteiger partial charge in [-0.05, 0) is 42.5 Å². The molecule has 0 bridgehead atoms. The van der Waals surface area contributed by atoms with E-state index in [2.05, 4.69) is 20.4 Å². The molecule has 0 aliphatic carbocycles. The number of halogens is 4. The molecule has 38 heavy (non-hydrogen) atoms. The van der Waals surface area contributed by atoms with Gasteiger partial charge in [-0.2, -0.15) is 18.3 Å². The maximum Gasteiger partial charge on any atom is 0.417 e. The van der Waals surface area contributed by atoms with Crippen molar-refractivity contribution in [2.75, 3.05) is 5.32 Å². The van der Waals surface area contributed by atoms with Gasteiger partial charge in [0.05, 0.1) is 28.1 Å². The van der Waals surface area contributed by atoms with E-state index in [1.165, 1.54) is 41.3 Å². The predicted molar refractivity (Wildman–Crippen MR) is 130 cm³/mol. The third-order valence-corrected chi connectivity index (χ3v) is 5.63. The summed E-state index contributed by atoms with van der Waals surface area (Å²) in [5, 5.41) is 6.90. The number of nitrogens with zero attached hydrogens (tertiary/aromatic N) is 4. The van der Waals surface area contributed by atoms with Gasteiger partial charge in [-0.1, -0.05) is 24.3 Å². The van der Waals surface area contributed by atoms with Crippen molar-refractivity contribution in [2.45, 2.75) is 6.18 Å². The SMILES string of the molecule is NC(=O)c1cnc2c(NC(=O)c3cc(-c4ccccn4)c(C(F)(F)F)cc3F)n(-c3ccccc3)nc2c1. The number of nitrogens with two attached hydrogens (primary N) is 1. The number of amides is 2. The van der Waals surface area contributed by atoms with Gasteiger partial charge in [-0.15, -0.1) is 0 Å². The number of hydrogen-bond acceptors (Lipinski definition) is 5. The van der Waals surface area contributed by atoms with Crippen LogP contribution in [-0.4, -0.2) is 31.6 Å².